The maximum Gasteiger partial charge on any atom is 0.337 e. The van der Waals surface area contributed by atoms with E-state index in [0.717, 1.165) is 29.5 Å². The molecule has 48 heavy (non-hydrogen) atoms. The molecule has 0 bridgehead atoms. The van der Waals surface area contributed by atoms with Crippen LogP contribution in [0.5, 0.6) is 11.5 Å². The first-order valence-corrected chi connectivity index (χ1v) is 15.8. The molecule has 2 atom stereocenters. The highest BCUT2D eigenvalue weighted by Gasteiger charge is 2.19. The summed E-state index contributed by atoms with van der Waals surface area (Å²) in [5.41, 5.74) is 3.37. The van der Waals surface area contributed by atoms with E-state index in [1.807, 2.05) is 44.2 Å². The van der Waals surface area contributed by atoms with Crippen molar-refractivity contribution in [3.63, 3.8) is 0 Å². The fourth-order valence-electron chi connectivity index (χ4n) is 5.15. The van der Waals surface area contributed by atoms with Gasteiger partial charge in [-0.15, -0.1) is 0 Å². The predicted molar refractivity (Wildman–Crippen MR) is 184 cm³/mol. The molecule has 0 saturated carbocycles. The Morgan fingerprint density at radius 2 is 1.10 bits per heavy atom. The molecule has 2 unspecified atom stereocenters. The summed E-state index contributed by atoms with van der Waals surface area (Å²) in [7, 11) is 0. The molecule has 4 N–H and O–H groups in total. The largest absolute Gasteiger partial charge is 0.483 e. The number of para-hydroxylation sites is 2. The van der Waals surface area contributed by atoms with E-state index >= 15 is 0 Å². The van der Waals surface area contributed by atoms with Gasteiger partial charge in [-0.1, -0.05) is 70.2 Å². The van der Waals surface area contributed by atoms with E-state index < -0.39 is 23.8 Å². The van der Waals surface area contributed by atoms with Gasteiger partial charge in [0.15, 0.2) is 13.2 Å². The van der Waals surface area contributed by atoms with E-state index in [2.05, 4.69) is 24.5 Å². The molecule has 0 spiro atoms. The second-order valence-corrected chi connectivity index (χ2v) is 11.5. The summed E-state index contributed by atoms with van der Waals surface area (Å²) in [6.45, 7) is 7.57. The smallest absolute Gasteiger partial charge is 0.337 e. The molecule has 0 aliphatic heterocycles. The predicted octanol–water partition coefficient (Wildman–Crippen LogP) is 7.81. The molecule has 4 aromatic rings. The number of hydrogen-bond acceptors (Lipinski definition) is 6. The van der Waals surface area contributed by atoms with Gasteiger partial charge in [0.1, 0.15) is 11.5 Å². The van der Waals surface area contributed by atoms with Crippen molar-refractivity contribution in [2.75, 3.05) is 23.8 Å². The first kappa shape index (κ1) is 35.2. The summed E-state index contributed by atoms with van der Waals surface area (Å²) in [4.78, 5) is 49.2. The van der Waals surface area contributed by atoms with Crippen molar-refractivity contribution in [2.24, 2.45) is 0 Å². The highest BCUT2D eigenvalue weighted by Crippen LogP contribution is 2.35. The van der Waals surface area contributed by atoms with Gasteiger partial charge in [-0.25, -0.2) is 9.59 Å². The van der Waals surface area contributed by atoms with Crippen molar-refractivity contribution in [1.29, 1.82) is 0 Å². The number of amides is 2. The van der Waals surface area contributed by atoms with E-state index in [9.17, 15) is 29.4 Å². The average Bonchev–Trinajstić information content (AvgIpc) is 3.09. The minimum Gasteiger partial charge on any atom is -0.483 e. The summed E-state index contributed by atoms with van der Waals surface area (Å²) < 4.78 is 11.7. The zero-order valence-corrected chi connectivity index (χ0v) is 27.4. The Kier molecular flexibility index (Phi) is 11.9. The Labute approximate surface area is 279 Å². The van der Waals surface area contributed by atoms with Crippen molar-refractivity contribution in [3.05, 3.63) is 107 Å². The van der Waals surface area contributed by atoms with Gasteiger partial charge in [0, 0.05) is 0 Å². The van der Waals surface area contributed by atoms with Gasteiger partial charge in [-0.2, -0.15) is 0 Å². The Hall–Kier alpha value is -5.64. The molecule has 0 fully saturated rings. The number of anilines is 2. The lowest BCUT2D eigenvalue weighted by molar-refractivity contribution is -0.118. The number of ether oxygens (including phenoxy) is 2. The zero-order valence-electron chi connectivity index (χ0n) is 27.4. The molecular weight excluding hydrogens is 612 g/mol. The number of benzene rings is 4. The first-order valence-electron chi connectivity index (χ1n) is 15.8. The molecule has 0 aromatic heterocycles. The highest BCUT2D eigenvalue weighted by molar-refractivity contribution is 6.02. The number of carbonyl (C=O) groups is 4. The van der Waals surface area contributed by atoms with E-state index in [1.54, 1.807) is 36.4 Å². The van der Waals surface area contributed by atoms with Gasteiger partial charge in [-0.3, -0.25) is 9.59 Å². The van der Waals surface area contributed by atoms with Crippen LogP contribution in [0.4, 0.5) is 11.4 Å². The van der Waals surface area contributed by atoms with Crippen LogP contribution in [0.25, 0.3) is 11.1 Å². The lowest BCUT2D eigenvalue weighted by atomic mass is 9.93. The Morgan fingerprint density at radius 3 is 1.73 bits per heavy atom. The number of carboxylic acid groups (broad SMARTS) is 2. The third kappa shape index (κ3) is 8.79. The van der Waals surface area contributed by atoms with Crippen LogP contribution in [0.2, 0.25) is 0 Å². The van der Waals surface area contributed by atoms with Crippen molar-refractivity contribution < 1.29 is 38.9 Å². The lowest BCUT2D eigenvalue weighted by Gasteiger charge is -2.18. The molecule has 2 amide bonds. The number of carbonyl (C=O) groups excluding carboxylic acids is 2. The minimum absolute atomic E-state index is 0.0296. The van der Waals surface area contributed by atoms with Crippen molar-refractivity contribution in [2.45, 2.75) is 52.4 Å². The van der Waals surface area contributed by atoms with E-state index in [0.29, 0.717) is 17.1 Å². The zero-order chi connectivity index (χ0) is 34.8. The third-order valence-corrected chi connectivity index (χ3v) is 8.22. The van der Waals surface area contributed by atoms with Gasteiger partial charge in [0.05, 0.1) is 22.5 Å². The standard InChI is InChI=1S/C38H40N2O8/c1-5-23(3)27-11-8-10-14-33(27)47-21-36(42)40-32-17-15-25(20-30(32)38(45)46)26-16-18-34(29(19-26)24(4)6-2)48-22-35(41)39-31-13-9-7-12-28(31)37(43)44/h7-20,23-24H,5-6,21-22H2,1-4H3,(H,39,41)(H,40,42)(H,43,44)(H,45,46). The number of rotatable bonds is 15. The third-order valence-electron chi connectivity index (χ3n) is 8.22. The van der Waals surface area contributed by atoms with Crippen LogP contribution in [-0.4, -0.2) is 47.2 Å². The van der Waals surface area contributed by atoms with Gasteiger partial charge < -0.3 is 30.3 Å². The molecular formula is C38H40N2O8. The SMILES string of the molecule is CCC(C)c1ccccc1OCC(=O)Nc1ccc(-c2ccc(OCC(=O)Nc3ccccc3C(=O)O)c(C(C)CC)c2)cc1C(=O)O. The van der Waals surface area contributed by atoms with Crippen LogP contribution in [-0.2, 0) is 9.59 Å². The fourth-order valence-corrected chi connectivity index (χ4v) is 5.15. The van der Waals surface area contributed by atoms with E-state index in [-0.39, 0.29) is 47.6 Å². The van der Waals surface area contributed by atoms with E-state index in [4.69, 9.17) is 9.47 Å². The summed E-state index contributed by atoms with van der Waals surface area (Å²) in [5.74, 6) is -1.97. The summed E-state index contributed by atoms with van der Waals surface area (Å²) in [6, 6.07) is 23.8. The molecule has 4 rings (SSSR count). The molecule has 0 heterocycles. The van der Waals surface area contributed by atoms with Gasteiger partial charge in [0.25, 0.3) is 11.8 Å². The van der Waals surface area contributed by atoms with Gasteiger partial charge in [-0.05, 0) is 89.4 Å². The van der Waals surface area contributed by atoms with Crippen LogP contribution in [0.15, 0.2) is 84.9 Å². The second-order valence-electron chi connectivity index (χ2n) is 11.5. The van der Waals surface area contributed by atoms with E-state index in [1.165, 1.54) is 18.2 Å². The lowest BCUT2D eigenvalue weighted by Crippen LogP contribution is -2.22. The normalized spacial score (nSPS) is 12.0. The molecule has 250 valence electrons. The van der Waals surface area contributed by atoms with Crippen LogP contribution in [0.1, 0.15) is 84.2 Å². The maximum atomic E-state index is 12.8. The molecule has 10 heteroatoms. The quantitative estimate of drug-likeness (QED) is 0.102. The Balaban J connectivity index is 1.49. The van der Waals surface area contributed by atoms with Crippen molar-refractivity contribution in [1.82, 2.24) is 0 Å². The maximum absolute atomic E-state index is 12.8. The average molecular weight is 653 g/mol. The monoisotopic (exact) mass is 652 g/mol. The molecule has 0 aliphatic carbocycles. The van der Waals surface area contributed by atoms with Crippen LogP contribution >= 0.6 is 0 Å². The molecule has 0 aliphatic rings. The van der Waals surface area contributed by atoms with Gasteiger partial charge >= 0.3 is 11.9 Å². The number of carboxylic acids is 2. The molecule has 10 nitrogen and oxygen atoms in total. The number of nitrogens with one attached hydrogen (secondary N) is 2. The van der Waals surface area contributed by atoms with Crippen molar-refractivity contribution >= 4 is 35.1 Å². The summed E-state index contributed by atoms with van der Waals surface area (Å²) in [6.07, 6.45) is 1.69. The fraction of sp³-hybridized carbons (Fsp3) is 0.263. The minimum atomic E-state index is -1.20. The molecule has 0 radical (unpaired) electrons. The molecule has 4 aromatic carbocycles. The first-order chi connectivity index (χ1) is 23.0. The van der Waals surface area contributed by atoms with Crippen LogP contribution in [0, 0.1) is 0 Å². The van der Waals surface area contributed by atoms with Gasteiger partial charge in [0.2, 0.25) is 0 Å². The topological polar surface area (TPSA) is 151 Å². The second kappa shape index (κ2) is 16.3. The Bertz CT molecular complexity index is 1800. The van der Waals surface area contributed by atoms with Crippen LogP contribution < -0.4 is 20.1 Å². The summed E-state index contributed by atoms with van der Waals surface area (Å²) >= 11 is 0. The Morgan fingerprint density at radius 1 is 0.604 bits per heavy atom. The van der Waals surface area contributed by atoms with Crippen LogP contribution in [0.3, 0.4) is 0 Å². The number of hydrogen-bond donors (Lipinski definition) is 4. The number of aromatic carboxylic acids is 2. The molecule has 0 saturated heterocycles. The summed E-state index contributed by atoms with van der Waals surface area (Å²) in [5, 5.41) is 24.6. The highest BCUT2D eigenvalue weighted by atomic mass is 16.5. The van der Waals surface area contributed by atoms with Crippen molar-refractivity contribution in [3.8, 4) is 22.6 Å².